The zero-order chi connectivity index (χ0) is 11.0. The number of aliphatic hydroxyl groups is 1. The van der Waals surface area contributed by atoms with E-state index in [9.17, 15) is 4.79 Å². The Kier molecular flexibility index (Phi) is 7.42. The SMILES string of the molecule is CC(C)CCOC(=O)C(C)NCCO. The maximum absolute atomic E-state index is 11.3. The first-order chi connectivity index (χ1) is 6.57. The van der Waals surface area contributed by atoms with Crippen molar-refractivity contribution in [2.24, 2.45) is 5.92 Å². The van der Waals surface area contributed by atoms with Gasteiger partial charge in [-0.05, 0) is 19.3 Å². The van der Waals surface area contributed by atoms with Crippen LogP contribution in [-0.2, 0) is 9.53 Å². The predicted molar refractivity (Wildman–Crippen MR) is 55.0 cm³/mol. The smallest absolute Gasteiger partial charge is 0.322 e. The van der Waals surface area contributed by atoms with Crippen molar-refractivity contribution in [1.29, 1.82) is 0 Å². The van der Waals surface area contributed by atoms with Gasteiger partial charge in [0.2, 0.25) is 0 Å². The summed E-state index contributed by atoms with van der Waals surface area (Å²) in [5, 5.41) is 11.4. The van der Waals surface area contributed by atoms with Crippen molar-refractivity contribution in [2.75, 3.05) is 19.8 Å². The Hall–Kier alpha value is -0.610. The van der Waals surface area contributed by atoms with Crippen molar-refractivity contribution in [3.05, 3.63) is 0 Å². The zero-order valence-electron chi connectivity index (χ0n) is 9.25. The van der Waals surface area contributed by atoms with Gasteiger partial charge in [-0.15, -0.1) is 0 Å². The lowest BCUT2D eigenvalue weighted by molar-refractivity contribution is -0.146. The molecule has 2 N–H and O–H groups in total. The fourth-order valence-electron chi connectivity index (χ4n) is 0.885. The number of nitrogens with one attached hydrogen (secondary N) is 1. The first kappa shape index (κ1) is 13.4. The van der Waals surface area contributed by atoms with Crippen LogP contribution < -0.4 is 5.32 Å². The van der Waals surface area contributed by atoms with Crippen LogP contribution in [0.25, 0.3) is 0 Å². The van der Waals surface area contributed by atoms with Gasteiger partial charge in [0.1, 0.15) is 6.04 Å². The Morgan fingerprint density at radius 1 is 1.43 bits per heavy atom. The lowest BCUT2D eigenvalue weighted by Gasteiger charge is -2.12. The van der Waals surface area contributed by atoms with Crippen molar-refractivity contribution >= 4 is 5.97 Å². The Labute approximate surface area is 85.6 Å². The number of carbonyl (C=O) groups excluding carboxylic acids is 1. The summed E-state index contributed by atoms with van der Waals surface area (Å²) >= 11 is 0. The molecule has 4 heteroatoms. The Bertz CT molecular complexity index is 159. The van der Waals surface area contributed by atoms with Gasteiger partial charge < -0.3 is 15.2 Å². The molecule has 0 aliphatic heterocycles. The third-order valence-electron chi connectivity index (χ3n) is 1.86. The second kappa shape index (κ2) is 7.76. The van der Waals surface area contributed by atoms with Crippen molar-refractivity contribution in [3.8, 4) is 0 Å². The van der Waals surface area contributed by atoms with Crippen LogP contribution in [0.15, 0.2) is 0 Å². The fraction of sp³-hybridized carbons (Fsp3) is 0.900. The highest BCUT2D eigenvalue weighted by molar-refractivity contribution is 5.75. The molecule has 0 aliphatic rings. The molecule has 0 aromatic rings. The second-order valence-corrected chi connectivity index (χ2v) is 3.75. The van der Waals surface area contributed by atoms with E-state index >= 15 is 0 Å². The summed E-state index contributed by atoms with van der Waals surface area (Å²) in [6.07, 6.45) is 0.887. The average molecular weight is 203 g/mol. The van der Waals surface area contributed by atoms with Crippen molar-refractivity contribution in [2.45, 2.75) is 33.2 Å². The molecular formula is C10H21NO3. The van der Waals surface area contributed by atoms with Gasteiger partial charge in [0.25, 0.3) is 0 Å². The molecule has 0 fully saturated rings. The van der Waals surface area contributed by atoms with Crippen molar-refractivity contribution in [1.82, 2.24) is 5.32 Å². The van der Waals surface area contributed by atoms with Crippen LogP contribution in [0.5, 0.6) is 0 Å². The summed E-state index contributed by atoms with van der Waals surface area (Å²) < 4.78 is 5.03. The molecule has 0 heterocycles. The number of ether oxygens (including phenoxy) is 1. The van der Waals surface area contributed by atoms with Crippen LogP contribution >= 0.6 is 0 Å². The topological polar surface area (TPSA) is 58.6 Å². The minimum absolute atomic E-state index is 0.0314. The first-order valence-electron chi connectivity index (χ1n) is 5.08. The van der Waals surface area contributed by atoms with E-state index < -0.39 is 0 Å². The lowest BCUT2D eigenvalue weighted by Crippen LogP contribution is -2.37. The van der Waals surface area contributed by atoms with E-state index in [2.05, 4.69) is 19.2 Å². The molecular weight excluding hydrogens is 182 g/mol. The molecule has 14 heavy (non-hydrogen) atoms. The highest BCUT2D eigenvalue weighted by Crippen LogP contribution is 1.99. The maximum Gasteiger partial charge on any atom is 0.322 e. The number of rotatable bonds is 7. The number of aliphatic hydroxyl groups excluding tert-OH is 1. The number of hydrogen-bond acceptors (Lipinski definition) is 4. The molecule has 0 aliphatic carbocycles. The van der Waals surface area contributed by atoms with Gasteiger partial charge in [-0.2, -0.15) is 0 Å². The van der Waals surface area contributed by atoms with Gasteiger partial charge in [-0.1, -0.05) is 13.8 Å². The van der Waals surface area contributed by atoms with Gasteiger partial charge in [0.05, 0.1) is 13.2 Å². The second-order valence-electron chi connectivity index (χ2n) is 3.75. The largest absolute Gasteiger partial charge is 0.465 e. The average Bonchev–Trinajstić information content (AvgIpc) is 2.13. The summed E-state index contributed by atoms with van der Waals surface area (Å²) in [4.78, 5) is 11.3. The summed E-state index contributed by atoms with van der Waals surface area (Å²) in [5.41, 5.74) is 0. The highest BCUT2D eigenvalue weighted by atomic mass is 16.5. The Morgan fingerprint density at radius 3 is 2.57 bits per heavy atom. The van der Waals surface area contributed by atoms with E-state index in [-0.39, 0.29) is 18.6 Å². The highest BCUT2D eigenvalue weighted by Gasteiger charge is 2.12. The van der Waals surface area contributed by atoms with Crippen LogP contribution in [0.3, 0.4) is 0 Å². The number of hydrogen-bond donors (Lipinski definition) is 2. The van der Waals surface area contributed by atoms with Gasteiger partial charge in [-0.3, -0.25) is 4.79 Å². The zero-order valence-corrected chi connectivity index (χ0v) is 9.25. The molecule has 0 spiro atoms. The fourth-order valence-corrected chi connectivity index (χ4v) is 0.885. The van der Waals surface area contributed by atoms with Crippen LogP contribution in [0.1, 0.15) is 27.2 Å². The third kappa shape index (κ3) is 6.86. The van der Waals surface area contributed by atoms with Crippen LogP contribution in [-0.4, -0.2) is 36.9 Å². The van der Waals surface area contributed by atoms with E-state index in [1.54, 1.807) is 6.92 Å². The van der Waals surface area contributed by atoms with E-state index in [1.165, 1.54) is 0 Å². The minimum Gasteiger partial charge on any atom is -0.465 e. The normalized spacial score (nSPS) is 12.9. The quantitative estimate of drug-likeness (QED) is 0.593. The molecule has 0 radical (unpaired) electrons. The van der Waals surface area contributed by atoms with E-state index in [1.807, 2.05) is 0 Å². The van der Waals surface area contributed by atoms with Gasteiger partial charge in [0, 0.05) is 6.54 Å². The van der Waals surface area contributed by atoms with E-state index in [4.69, 9.17) is 9.84 Å². The van der Waals surface area contributed by atoms with Gasteiger partial charge in [0.15, 0.2) is 0 Å². The van der Waals surface area contributed by atoms with Crippen LogP contribution in [0, 0.1) is 5.92 Å². The molecule has 84 valence electrons. The molecule has 0 saturated carbocycles. The summed E-state index contributed by atoms with van der Waals surface area (Å²) in [7, 11) is 0. The minimum atomic E-state index is -0.339. The molecule has 0 aromatic heterocycles. The van der Waals surface area contributed by atoms with E-state index in [0.717, 1.165) is 6.42 Å². The third-order valence-corrected chi connectivity index (χ3v) is 1.86. The maximum atomic E-state index is 11.3. The van der Waals surface area contributed by atoms with Crippen LogP contribution in [0.2, 0.25) is 0 Å². The molecule has 0 amide bonds. The first-order valence-corrected chi connectivity index (χ1v) is 5.08. The Morgan fingerprint density at radius 2 is 2.07 bits per heavy atom. The molecule has 0 rings (SSSR count). The molecule has 4 nitrogen and oxygen atoms in total. The molecule has 1 unspecified atom stereocenters. The monoisotopic (exact) mass is 203 g/mol. The van der Waals surface area contributed by atoms with Crippen molar-refractivity contribution < 1.29 is 14.6 Å². The van der Waals surface area contributed by atoms with E-state index in [0.29, 0.717) is 19.1 Å². The molecule has 0 saturated heterocycles. The van der Waals surface area contributed by atoms with Crippen LogP contribution in [0.4, 0.5) is 0 Å². The lowest BCUT2D eigenvalue weighted by atomic mass is 10.1. The molecule has 0 bridgehead atoms. The summed E-state index contributed by atoms with van der Waals surface area (Å²) in [6.45, 7) is 6.82. The predicted octanol–water partition coefficient (Wildman–Crippen LogP) is 0.546. The summed E-state index contributed by atoms with van der Waals surface area (Å²) in [5.74, 6) is 0.294. The standard InChI is InChI=1S/C10H21NO3/c1-8(2)4-7-14-10(13)9(3)11-5-6-12/h8-9,11-12H,4-7H2,1-3H3. The number of esters is 1. The van der Waals surface area contributed by atoms with Gasteiger partial charge in [-0.25, -0.2) is 0 Å². The molecule has 0 aromatic carbocycles. The van der Waals surface area contributed by atoms with Crippen molar-refractivity contribution in [3.63, 3.8) is 0 Å². The van der Waals surface area contributed by atoms with Gasteiger partial charge >= 0.3 is 5.97 Å². The molecule has 1 atom stereocenters. The Balaban J connectivity index is 3.52. The summed E-state index contributed by atoms with van der Waals surface area (Å²) in [6, 6.07) is -0.339. The number of carbonyl (C=O) groups is 1.